The van der Waals surface area contributed by atoms with Crippen LogP contribution in [0, 0.1) is 72.4 Å². The van der Waals surface area contributed by atoms with Gasteiger partial charge in [0, 0.05) is 91.8 Å². The molecule has 13 saturated heterocycles. The van der Waals surface area contributed by atoms with Gasteiger partial charge in [-0.15, -0.1) is 0 Å². The van der Waals surface area contributed by atoms with Crippen LogP contribution < -0.4 is 0 Å². The molecule has 4 unspecified atom stereocenters. The standard InChI is InChI=1S/C11H22O.2C9H18O2.C9H18O.4C8H16O2.5C8H16O.C7H14O2/c1-10(2,3)9-6-7-12-11(4,5)8-9;2*1-9(2,3)7-11-8-4-5-10-6-8;1-9(2,3)8-4-6-10-7-5-8;1-8(2,3)6-10-7-4-9-5-7;3*1-8(2,3)10-7-4-5-9-6-7;1-8(2,3)7-4-5-9-6-7;3*1-8(2,3)7-5-4-6-9-7;1-8(2,3)9-7-5-4-6-7;1-6(2)9-5-7-3-8-4-7/h9H,6-8H2,1-5H3;2*8H,4-7H2,1-3H3;8H,4-7H2,1-3H3;4*7H,4-6H2,1-3H3;5*7H,4-6H2,1-3H3;6-7H,3-5H2,1-2H3/t;2*8-;;;2*7-;;;2*7-;;;/m.10..10..10.../s1. The van der Waals surface area contributed by atoms with E-state index in [9.17, 15) is 0 Å². The molecule has 828 valence electrons. The summed E-state index contributed by atoms with van der Waals surface area (Å²) in [6.07, 6.45) is 27.5. The molecule has 0 spiro atoms. The fourth-order valence-electron chi connectivity index (χ4n) is 16.3. The Kier molecular flexibility index (Phi) is 64.6. The molecule has 0 N–H and O–H groups in total. The predicted octanol–water partition coefficient (Wildman–Crippen LogP) is 27.7. The van der Waals surface area contributed by atoms with Gasteiger partial charge in [0.15, 0.2) is 0 Å². The van der Waals surface area contributed by atoms with Gasteiger partial charge < -0.3 is 99.5 Å². The molecule has 10 atom stereocenters. The van der Waals surface area contributed by atoms with E-state index in [0.717, 1.165) is 222 Å². The third-order valence-corrected chi connectivity index (χ3v) is 25.0. The summed E-state index contributed by atoms with van der Waals surface area (Å²) in [5.41, 5.74) is 3.45. The number of hydrogen-bond donors (Lipinski definition) is 0. The molecular formula is C117H234O21. The smallest absolute Gasteiger partial charge is 0.104 e. The van der Waals surface area contributed by atoms with Crippen molar-refractivity contribution in [3.63, 3.8) is 0 Å². The number of ether oxygens (including phenoxy) is 21. The molecule has 0 amide bonds. The van der Waals surface area contributed by atoms with Crippen molar-refractivity contribution >= 4 is 0 Å². The zero-order valence-electron chi connectivity index (χ0n) is 99.1. The maximum Gasteiger partial charge on any atom is 0.104 e. The van der Waals surface area contributed by atoms with Crippen LogP contribution in [0.15, 0.2) is 0 Å². The van der Waals surface area contributed by atoms with Crippen LogP contribution in [0.5, 0.6) is 0 Å². The van der Waals surface area contributed by atoms with Gasteiger partial charge in [0.1, 0.15) is 6.10 Å². The second-order valence-electron chi connectivity index (χ2n) is 55.9. The molecule has 14 aliphatic rings. The molecule has 21 nitrogen and oxygen atoms in total. The maximum atomic E-state index is 5.69. The van der Waals surface area contributed by atoms with E-state index in [0.29, 0.717) is 106 Å². The van der Waals surface area contributed by atoms with E-state index in [2.05, 4.69) is 298 Å². The quantitative estimate of drug-likeness (QED) is 0.169. The second kappa shape index (κ2) is 66.0. The molecule has 21 heteroatoms. The Hall–Kier alpha value is -0.840. The Morgan fingerprint density at radius 1 is 0.246 bits per heavy atom. The lowest BCUT2D eigenvalue weighted by Crippen LogP contribution is -2.38. The van der Waals surface area contributed by atoms with Crippen LogP contribution in [0.25, 0.3) is 0 Å². The minimum absolute atomic E-state index is 0.0155. The van der Waals surface area contributed by atoms with E-state index in [1.807, 2.05) is 0 Å². The van der Waals surface area contributed by atoms with E-state index in [4.69, 9.17) is 99.5 Å². The summed E-state index contributed by atoms with van der Waals surface area (Å²) in [5.74, 6) is 3.16. The van der Waals surface area contributed by atoms with E-state index >= 15 is 0 Å². The van der Waals surface area contributed by atoms with Gasteiger partial charge in [-0.25, -0.2) is 0 Å². The van der Waals surface area contributed by atoms with Gasteiger partial charge >= 0.3 is 0 Å². The minimum Gasteiger partial charge on any atom is -0.381 e. The van der Waals surface area contributed by atoms with Gasteiger partial charge in [-0.3, -0.25) is 0 Å². The van der Waals surface area contributed by atoms with Crippen LogP contribution in [0.4, 0.5) is 0 Å². The molecular weight excluding hydrogens is 1740 g/mol. The molecule has 1 saturated carbocycles. The number of rotatable bonds is 13. The summed E-state index contributed by atoms with van der Waals surface area (Å²) in [6, 6.07) is 0. The van der Waals surface area contributed by atoms with Crippen LogP contribution in [0.3, 0.4) is 0 Å². The molecule has 0 radical (unpaired) electrons. The third kappa shape index (κ3) is 75.8. The minimum atomic E-state index is -0.0155. The summed E-state index contributed by atoms with van der Waals surface area (Å²) in [4.78, 5) is 0. The normalized spacial score (nSPS) is 26.2. The summed E-state index contributed by atoms with van der Waals surface area (Å²) in [6.45, 7) is 117. The van der Waals surface area contributed by atoms with Crippen molar-refractivity contribution < 1.29 is 99.5 Å². The first-order chi connectivity index (χ1) is 63.2. The molecule has 1 aliphatic carbocycles. The molecule has 13 heterocycles. The lowest BCUT2D eigenvalue weighted by atomic mass is 9.72. The summed E-state index contributed by atoms with van der Waals surface area (Å²) in [5, 5.41) is 0. The SMILES string of the molecule is CC(C)(C)C1CCCO1.CC(C)(C)C1CCOC1.CC(C)(C)C1CCOCC1.CC(C)(C)COC1COC1.CC(C)(C)CO[C@@H]1CCOC1.CC(C)(C)CO[C@H]1CCOC1.CC(C)(C)OC1CCC1.CC(C)(C)OC1CCOC1.CC(C)(C)O[C@@H]1CCOC1.CC(C)(C)O[C@H]1CCOC1.CC(C)(C)[C@@H]1CCCO1.CC(C)(C)[C@H]1CCCO1.CC(C)OCC1COC1.CC1(C)CC(C(C)(C)C)CCO1. The topological polar surface area (TPSA) is 194 Å². The summed E-state index contributed by atoms with van der Waals surface area (Å²) >= 11 is 0. The zero-order valence-corrected chi connectivity index (χ0v) is 99.1. The molecule has 0 aromatic carbocycles. The van der Waals surface area contributed by atoms with Gasteiger partial charge in [0.2, 0.25) is 0 Å². The lowest BCUT2D eigenvalue weighted by molar-refractivity contribution is -0.141. The third-order valence-electron chi connectivity index (χ3n) is 25.0. The van der Waals surface area contributed by atoms with Gasteiger partial charge in [-0.1, -0.05) is 187 Å². The molecule has 14 rings (SSSR count). The van der Waals surface area contributed by atoms with E-state index < -0.39 is 0 Å². The van der Waals surface area contributed by atoms with Gasteiger partial charge in [0.25, 0.3) is 0 Å². The van der Waals surface area contributed by atoms with Crippen molar-refractivity contribution in [1.29, 1.82) is 0 Å². The Morgan fingerprint density at radius 3 is 0.703 bits per heavy atom. The molecule has 0 aromatic rings. The van der Waals surface area contributed by atoms with Crippen LogP contribution in [0.1, 0.15) is 420 Å². The van der Waals surface area contributed by atoms with Crippen molar-refractivity contribution in [3.05, 3.63) is 0 Å². The van der Waals surface area contributed by atoms with Crippen LogP contribution in [0.2, 0.25) is 0 Å². The molecule has 0 aromatic heterocycles. The Bertz CT molecular complexity index is 2650. The first-order valence-electron chi connectivity index (χ1n) is 55.0. The van der Waals surface area contributed by atoms with Crippen LogP contribution >= 0.6 is 0 Å². The maximum absolute atomic E-state index is 5.69. The van der Waals surface area contributed by atoms with Crippen molar-refractivity contribution in [1.82, 2.24) is 0 Å². The molecule has 138 heavy (non-hydrogen) atoms. The average molecular weight is 1980 g/mol. The highest BCUT2D eigenvalue weighted by Gasteiger charge is 2.38. The van der Waals surface area contributed by atoms with Crippen molar-refractivity contribution in [2.75, 3.05) is 172 Å². The zero-order chi connectivity index (χ0) is 105. The predicted molar refractivity (Wildman–Crippen MR) is 572 cm³/mol. The largest absolute Gasteiger partial charge is 0.381 e. The van der Waals surface area contributed by atoms with E-state index in [-0.39, 0.29) is 44.3 Å². The highest BCUT2D eigenvalue weighted by Crippen LogP contribution is 2.41. The molecule has 13 aliphatic heterocycles. The van der Waals surface area contributed by atoms with E-state index in [1.165, 1.54) is 89.9 Å². The lowest BCUT2D eigenvalue weighted by Gasteiger charge is -2.41. The molecule has 14 fully saturated rings. The van der Waals surface area contributed by atoms with E-state index in [1.54, 1.807) is 0 Å². The second-order valence-corrected chi connectivity index (χ2v) is 55.9. The Labute approximate surface area is 853 Å². The average Bonchev–Trinajstić information content (AvgIpc) is 1.10. The van der Waals surface area contributed by atoms with Gasteiger partial charge in [0.05, 0.1) is 175 Å². The fourth-order valence-corrected chi connectivity index (χ4v) is 16.3. The number of hydrogen-bond acceptors (Lipinski definition) is 21. The highest BCUT2D eigenvalue weighted by atomic mass is 16.6. The first kappa shape index (κ1) is 135. The van der Waals surface area contributed by atoms with Gasteiger partial charge in [-0.2, -0.15) is 0 Å². The van der Waals surface area contributed by atoms with Crippen molar-refractivity contribution in [2.24, 2.45) is 72.4 Å². The molecule has 0 bridgehead atoms. The van der Waals surface area contributed by atoms with Crippen molar-refractivity contribution in [3.8, 4) is 0 Å². The Morgan fingerprint density at radius 2 is 0.522 bits per heavy atom. The van der Waals surface area contributed by atoms with Gasteiger partial charge in [-0.05, 0) is 299 Å². The van der Waals surface area contributed by atoms with Crippen molar-refractivity contribution in [2.45, 2.75) is 515 Å². The van der Waals surface area contributed by atoms with Crippen LogP contribution in [-0.4, -0.2) is 267 Å². The monoisotopic (exact) mass is 1980 g/mol. The summed E-state index contributed by atoms with van der Waals surface area (Å²) < 4.78 is 114. The fraction of sp³-hybridized carbons (Fsp3) is 1.00. The Balaban J connectivity index is 0.000000744. The van der Waals surface area contributed by atoms with Crippen LogP contribution in [-0.2, 0) is 99.5 Å². The first-order valence-corrected chi connectivity index (χ1v) is 55.0. The summed E-state index contributed by atoms with van der Waals surface area (Å²) in [7, 11) is 0. The highest BCUT2D eigenvalue weighted by molar-refractivity contribution is 4.87.